The maximum atomic E-state index is 10.6. The zero-order valence-electron chi connectivity index (χ0n) is 11.0. The molecule has 0 amide bonds. The van der Waals surface area contributed by atoms with E-state index in [1.165, 1.54) is 0 Å². The summed E-state index contributed by atoms with van der Waals surface area (Å²) < 4.78 is 35.1. The zero-order valence-corrected chi connectivity index (χ0v) is 11.8. The number of anilines is 1. The number of nitrogens with one attached hydrogen (secondary N) is 1. The molecule has 0 aliphatic heterocycles. The Kier molecular flexibility index (Phi) is 8.72. The van der Waals surface area contributed by atoms with Crippen molar-refractivity contribution in [3.63, 3.8) is 0 Å². The Bertz CT molecular complexity index is 521. The average Bonchev–Trinajstić information content (AvgIpc) is 2.33. The second-order valence-electron chi connectivity index (χ2n) is 4.12. The molecule has 0 saturated heterocycles. The summed E-state index contributed by atoms with van der Waals surface area (Å²) in [7, 11) is -2.60. The van der Waals surface area contributed by atoms with Crippen molar-refractivity contribution in [3.05, 3.63) is 23.8 Å². The minimum absolute atomic E-state index is 0. The molecule has 0 aliphatic rings. The summed E-state index contributed by atoms with van der Waals surface area (Å²) in [4.78, 5) is 0. The first-order valence-corrected chi connectivity index (χ1v) is 7.51. The Balaban J connectivity index is 0.00000361. The molecule has 1 aromatic carbocycles. The fraction of sp³-hybridized carbons (Fsp3) is 0.500. The molecule has 0 fully saturated rings. The molecule has 1 rings (SSSR count). The third-order valence-electron chi connectivity index (χ3n) is 2.64. The molecule has 8 heteroatoms. The molecule has 0 spiro atoms. The molecule has 1 unspecified atom stereocenters. The first-order valence-electron chi connectivity index (χ1n) is 5.90. The standard InChI is InChI=1S/C12H19NO5S.Na.H/c1-3-10-11(5-4-6-12(10)18-2)13-7-9(14)8-19(15,16)17;;/h4-6,9,13-14H,3,7-8H2,1-2H3,(H,15,16,17);;. The molecular weight excluding hydrogens is 293 g/mol. The number of aliphatic hydroxyl groups excluding tert-OH is 1. The van der Waals surface area contributed by atoms with Crippen LogP contribution in [0.3, 0.4) is 0 Å². The quantitative estimate of drug-likeness (QED) is 0.494. The average molecular weight is 313 g/mol. The molecule has 0 bridgehead atoms. The number of hydrogen-bond donors (Lipinski definition) is 3. The van der Waals surface area contributed by atoms with Crippen LogP contribution in [0.25, 0.3) is 0 Å². The molecule has 0 aromatic heterocycles. The van der Waals surface area contributed by atoms with Gasteiger partial charge in [0.1, 0.15) is 11.5 Å². The van der Waals surface area contributed by atoms with E-state index in [4.69, 9.17) is 9.29 Å². The number of ether oxygens (including phenoxy) is 1. The van der Waals surface area contributed by atoms with Crippen molar-refractivity contribution >= 4 is 45.4 Å². The summed E-state index contributed by atoms with van der Waals surface area (Å²) in [5.41, 5.74) is 1.72. The van der Waals surface area contributed by atoms with Crippen LogP contribution in [0.15, 0.2) is 18.2 Å². The molecule has 0 saturated carbocycles. The summed E-state index contributed by atoms with van der Waals surface area (Å²) in [6.07, 6.45) is -0.438. The van der Waals surface area contributed by atoms with E-state index in [2.05, 4.69) is 5.32 Å². The van der Waals surface area contributed by atoms with E-state index >= 15 is 0 Å². The monoisotopic (exact) mass is 313 g/mol. The number of benzene rings is 1. The van der Waals surface area contributed by atoms with E-state index in [9.17, 15) is 13.5 Å². The Morgan fingerprint density at radius 1 is 1.40 bits per heavy atom. The number of rotatable bonds is 7. The van der Waals surface area contributed by atoms with Gasteiger partial charge in [-0.1, -0.05) is 13.0 Å². The van der Waals surface area contributed by atoms with Crippen molar-refractivity contribution in [1.29, 1.82) is 0 Å². The topological polar surface area (TPSA) is 95.9 Å². The van der Waals surface area contributed by atoms with Gasteiger partial charge in [-0.3, -0.25) is 4.55 Å². The SMILES string of the molecule is CCc1c(NCC(O)CS(=O)(=O)O)cccc1OC.[NaH]. The fourth-order valence-corrected chi connectivity index (χ4v) is 2.42. The fourth-order valence-electron chi connectivity index (χ4n) is 1.82. The molecular formula is C12H20NNaO5S. The van der Waals surface area contributed by atoms with Crippen molar-refractivity contribution in [2.45, 2.75) is 19.4 Å². The molecule has 0 heterocycles. The molecule has 0 aliphatic carbocycles. The van der Waals surface area contributed by atoms with Crippen LogP contribution in [0.5, 0.6) is 5.75 Å². The Hall–Kier alpha value is -0.310. The summed E-state index contributed by atoms with van der Waals surface area (Å²) in [6.45, 7) is 2.00. The van der Waals surface area contributed by atoms with Gasteiger partial charge < -0.3 is 15.2 Å². The Morgan fingerprint density at radius 2 is 2.05 bits per heavy atom. The van der Waals surface area contributed by atoms with Crippen LogP contribution in [-0.2, 0) is 16.5 Å². The normalized spacial score (nSPS) is 12.4. The molecule has 0 radical (unpaired) electrons. The van der Waals surface area contributed by atoms with Crippen molar-refractivity contribution in [2.75, 3.05) is 24.7 Å². The second-order valence-corrected chi connectivity index (χ2v) is 5.62. The molecule has 20 heavy (non-hydrogen) atoms. The van der Waals surface area contributed by atoms with E-state index < -0.39 is 22.0 Å². The Labute approximate surface area is 141 Å². The molecule has 1 aromatic rings. The molecule has 6 nitrogen and oxygen atoms in total. The first kappa shape index (κ1) is 19.7. The number of methoxy groups -OCH3 is 1. The van der Waals surface area contributed by atoms with Crippen LogP contribution in [0.4, 0.5) is 5.69 Å². The van der Waals surface area contributed by atoms with Crippen LogP contribution < -0.4 is 10.1 Å². The van der Waals surface area contributed by atoms with Gasteiger partial charge in [0.25, 0.3) is 10.1 Å². The summed E-state index contributed by atoms with van der Waals surface area (Å²) in [6, 6.07) is 5.45. The second kappa shape index (κ2) is 8.86. The van der Waals surface area contributed by atoms with Gasteiger partial charge in [-0.2, -0.15) is 8.42 Å². The van der Waals surface area contributed by atoms with Crippen LogP contribution in [-0.4, -0.2) is 73.1 Å². The zero-order chi connectivity index (χ0) is 14.5. The van der Waals surface area contributed by atoms with Gasteiger partial charge in [0.2, 0.25) is 0 Å². The van der Waals surface area contributed by atoms with Crippen LogP contribution in [0.2, 0.25) is 0 Å². The molecule has 110 valence electrons. The van der Waals surface area contributed by atoms with Crippen LogP contribution >= 0.6 is 0 Å². The van der Waals surface area contributed by atoms with Crippen molar-refractivity contribution in [2.24, 2.45) is 0 Å². The van der Waals surface area contributed by atoms with Gasteiger partial charge >= 0.3 is 29.6 Å². The third kappa shape index (κ3) is 6.43. The predicted molar refractivity (Wildman–Crippen MR) is 80.4 cm³/mol. The van der Waals surface area contributed by atoms with Crippen LogP contribution in [0, 0.1) is 0 Å². The van der Waals surface area contributed by atoms with E-state index in [0.29, 0.717) is 0 Å². The van der Waals surface area contributed by atoms with Crippen molar-refractivity contribution < 1.29 is 22.8 Å². The first-order chi connectivity index (χ1) is 8.87. The number of hydrogen-bond acceptors (Lipinski definition) is 5. The van der Waals surface area contributed by atoms with Gasteiger partial charge in [0.05, 0.1) is 13.2 Å². The van der Waals surface area contributed by atoms with Gasteiger partial charge in [0, 0.05) is 17.8 Å². The van der Waals surface area contributed by atoms with Crippen molar-refractivity contribution in [1.82, 2.24) is 0 Å². The van der Waals surface area contributed by atoms with Gasteiger partial charge in [-0.15, -0.1) is 0 Å². The van der Waals surface area contributed by atoms with E-state index in [1.807, 2.05) is 19.1 Å². The third-order valence-corrected chi connectivity index (χ3v) is 3.44. The van der Waals surface area contributed by atoms with E-state index in [1.54, 1.807) is 13.2 Å². The van der Waals surface area contributed by atoms with E-state index in [0.717, 1.165) is 23.4 Å². The summed E-state index contributed by atoms with van der Waals surface area (Å²) in [5.74, 6) is 0.0441. The van der Waals surface area contributed by atoms with E-state index in [-0.39, 0.29) is 36.1 Å². The maximum absolute atomic E-state index is 10.6. The number of aliphatic hydroxyl groups is 1. The van der Waals surface area contributed by atoms with Gasteiger partial charge in [0.15, 0.2) is 0 Å². The van der Waals surface area contributed by atoms with Gasteiger partial charge in [-0.25, -0.2) is 0 Å². The molecule has 1 atom stereocenters. The Morgan fingerprint density at radius 3 is 2.55 bits per heavy atom. The van der Waals surface area contributed by atoms with Gasteiger partial charge in [-0.05, 0) is 18.6 Å². The molecule has 3 N–H and O–H groups in total. The predicted octanol–water partition coefficient (Wildman–Crippen LogP) is 0.270. The summed E-state index contributed by atoms with van der Waals surface area (Å²) >= 11 is 0. The summed E-state index contributed by atoms with van der Waals surface area (Å²) in [5, 5.41) is 12.5. The van der Waals surface area contributed by atoms with Crippen molar-refractivity contribution in [3.8, 4) is 5.75 Å². The minimum atomic E-state index is -4.17. The van der Waals surface area contributed by atoms with Crippen LogP contribution in [0.1, 0.15) is 12.5 Å².